The Morgan fingerprint density at radius 3 is 2.29 bits per heavy atom. The van der Waals surface area contributed by atoms with Gasteiger partial charge in [-0.25, -0.2) is 0 Å². The van der Waals surface area contributed by atoms with E-state index in [-0.39, 0.29) is 23.9 Å². The Balaban J connectivity index is 2.31. The lowest BCUT2D eigenvalue weighted by atomic mass is 9.86. The highest BCUT2D eigenvalue weighted by atomic mass is 16.6. The van der Waals surface area contributed by atoms with E-state index in [1.54, 1.807) is 0 Å². The SMILES string of the molecule is CC1OC(=O)C(C)C1c1ccccc1. The van der Waals surface area contributed by atoms with Gasteiger partial charge in [0.2, 0.25) is 0 Å². The average Bonchev–Trinajstić information content (AvgIpc) is 2.43. The molecule has 0 aromatic heterocycles. The molecule has 14 heavy (non-hydrogen) atoms. The Labute approximate surface area is 83.9 Å². The minimum absolute atomic E-state index is 0.0000926. The first-order chi connectivity index (χ1) is 6.70. The lowest BCUT2D eigenvalue weighted by Gasteiger charge is -2.15. The van der Waals surface area contributed by atoms with E-state index < -0.39 is 0 Å². The van der Waals surface area contributed by atoms with Crippen molar-refractivity contribution < 1.29 is 9.53 Å². The number of esters is 1. The third-order valence-electron chi connectivity index (χ3n) is 2.90. The summed E-state index contributed by atoms with van der Waals surface area (Å²) < 4.78 is 5.20. The van der Waals surface area contributed by atoms with E-state index in [0.29, 0.717) is 0 Å². The molecule has 2 rings (SSSR count). The van der Waals surface area contributed by atoms with Gasteiger partial charge in [-0.1, -0.05) is 37.3 Å². The van der Waals surface area contributed by atoms with E-state index in [4.69, 9.17) is 4.74 Å². The second kappa shape index (κ2) is 3.45. The van der Waals surface area contributed by atoms with Crippen molar-refractivity contribution in [1.82, 2.24) is 0 Å². The van der Waals surface area contributed by atoms with Crippen molar-refractivity contribution >= 4 is 5.97 Å². The Bertz CT molecular complexity index is 331. The molecule has 3 atom stereocenters. The van der Waals surface area contributed by atoms with Crippen molar-refractivity contribution in [2.24, 2.45) is 5.92 Å². The first kappa shape index (κ1) is 9.25. The zero-order chi connectivity index (χ0) is 10.1. The molecule has 74 valence electrons. The Morgan fingerprint density at radius 1 is 1.14 bits per heavy atom. The summed E-state index contributed by atoms with van der Waals surface area (Å²) in [5.41, 5.74) is 1.19. The minimum Gasteiger partial charge on any atom is -0.462 e. The van der Waals surface area contributed by atoms with Gasteiger partial charge in [0.1, 0.15) is 6.10 Å². The highest BCUT2D eigenvalue weighted by molar-refractivity contribution is 5.76. The molecule has 2 nitrogen and oxygen atoms in total. The lowest BCUT2D eigenvalue weighted by molar-refractivity contribution is -0.143. The quantitative estimate of drug-likeness (QED) is 0.635. The minimum atomic E-state index is -0.0775. The maximum absolute atomic E-state index is 11.3. The first-order valence-electron chi connectivity index (χ1n) is 4.95. The molecular formula is C12H14O2. The fraction of sp³-hybridized carbons (Fsp3) is 0.417. The molecule has 1 aromatic carbocycles. The van der Waals surface area contributed by atoms with Crippen LogP contribution in [0.2, 0.25) is 0 Å². The predicted molar refractivity (Wildman–Crippen MR) is 53.9 cm³/mol. The van der Waals surface area contributed by atoms with Crippen LogP contribution in [0.4, 0.5) is 0 Å². The van der Waals surface area contributed by atoms with E-state index in [0.717, 1.165) is 0 Å². The molecule has 0 saturated carbocycles. The molecule has 0 radical (unpaired) electrons. The van der Waals surface area contributed by atoms with Gasteiger partial charge >= 0.3 is 5.97 Å². The first-order valence-corrected chi connectivity index (χ1v) is 4.95. The van der Waals surface area contributed by atoms with Gasteiger partial charge in [-0.05, 0) is 12.5 Å². The standard InChI is InChI=1S/C12H14O2/c1-8-11(9(2)14-12(8)13)10-6-4-3-5-7-10/h3-9,11H,1-2H3. The Kier molecular flexibility index (Phi) is 2.28. The van der Waals surface area contributed by atoms with Crippen LogP contribution >= 0.6 is 0 Å². The Morgan fingerprint density at radius 2 is 1.79 bits per heavy atom. The fourth-order valence-corrected chi connectivity index (χ4v) is 2.15. The molecule has 1 aliphatic heterocycles. The molecule has 0 bridgehead atoms. The number of rotatable bonds is 1. The van der Waals surface area contributed by atoms with E-state index in [1.807, 2.05) is 32.0 Å². The van der Waals surface area contributed by atoms with Gasteiger partial charge in [0, 0.05) is 5.92 Å². The monoisotopic (exact) mass is 190 g/mol. The molecule has 0 amide bonds. The molecule has 0 aliphatic carbocycles. The second-order valence-electron chi connectivity index (χ2n) is 3.87. The summed E-state index contributed by atoms with van der Waals surface area (Å²) in [7, 11) is 0. The molecule has 1 aromatic rings. The molecule has 0 spiro atoms. The van der Waals surface area contributed by atoms with E-state index in [2.05, 4.69) is 12.1 Å². The predicted octanol–water partition coefficient (Wildman–Crippen LogP) is 2.35. The lowest BCUT2D eigenvalue weighted by Crippen LogP contribution is -2.14. The number of benzene rings is 1. The zero-order valence-electron chi connectivity index (χ0n) is 8.44. The van der Waals surface area contributed by atoms with Gasteiger partial charge < -0.3 is 4.74 Å². The molecular weight excluding hydrogens is 176 g/mol. The highest BCUT2D eigenvalue weighted by Gasteiger charge is 2.39. The van der Waals surface area contributed by atoms with Crippen molar-refractivity contribution in [2.45, 2.75) is 25.9 Å². The number of carbonyl (C=O) groups excluding carboxylic acids is 1. The van der Waals surface area contributed by atoms with Gasteiger partial charge in [0.05, 0.1) is 5.92 Å². The largest absolute Gasteiger partial charge is 0.462 e. The maximum atomic E-state index is 11.3. The zero-order valence-corrected chi connectivity index (χ0v) is 8.44. The van der Waals surface area contributed by atoms with Crippen LogP contribution in [0.5, 0.6) is 0 Å². The number of hydrogen-bond acceptors (Lipinski definition) is 2. The summed E-state index contributed by atoms with van der Waals surface area (Å²) in [6.45, 7) is 3.89. The summed E-state index contributed by atoms with van der Waals surface area (Å²) in [5.74, 6) is 0.113. The summed E-state index contributed by atoms with van der Waals surface area (Å²) in [6.07, 6.45) is -0.0000926. The molecule has 1 saturated heterocycles. The summed E-state index contributed by atoms with van der Waals surface area (Å²) in [5, 5.41) is 0. The van der Waals surface area contributed by atoms with Crippen molar-refractivity contribution in [2.75, 3.05) is 0 Å². The van der Waals surface area contributed by atoms with Crippen molar-refractivity contribution in [3.8, 4) is 0 Å². The van der Waals surface area contributed by atoms with Gasteiger partial charge in [0.25, 0.3) is 0 Å². The van der Waals surface area contributed by atoms with Crippen molar-refractivity contribution in [1.29, 1.82) is 0 Å². The van der Waals surface area contributed by atoms with Gasteiger partial charge in [-0.15, -0.1) is 0 Å². The topological polar surface area (TPSA) is 26.3 Å². The number of carbonyl (C=O) groups is 1. The third-order valence-corrected chi connectivity index (χ3v) is 2.90. The van der Waals surface area contributed by atoms with Crippen LogP contribution in [0, 0.1) is 5.92 Å². The highest BCUT2D eigenvalue weighted by Crippen LogP contribution is 2.36. The van der Waals surface area contributed by atoms with Crippen LogP contribution in [-0.4, -0.2) is 12.1 Å². The van der Waals surface area contributed by atoms with Crippen LogP contribution in [-0.2, 0) is 9.53 Å². The average molecular weight is 190 g/mol. The normalized spacial score (nSPS) is 31.6. The van der Waals surface area contributed by atoms with E-state index >= 15 is 0 Å². The molecule has 1 heterocycles. The van der Waals surface area contributed by atoms with Crippen LogP contribution in [0.15, 0.2) is 30.3 Å². The smallest absolute Gasteiger partial charge is 0.309 e. The van der Waals surface area contributed by atoms with Crippen LogP contribution in [0.3, 0.4) is 0 Å². The molecule has 1 fully saturated rings. The fourth-order valence-electron chi connectivity index (χ4n) is 2.15. The summed E-state index contributed by atoms with van der Waals surface area (Å²) in [4.78, 5) is 11.3. The summed E-state index contributed by atoms with van der Waals surface area (Å²) in [6, 6.07) is 10.1. The van der Waals surface area contributed by atoms with Crippen molar-refractivity contribution in [3.63, 3.8) is 0 Å². The molecule has 2 heteroatoms. The number of cyclic esters (lactones) is 1. The molecule has 1 aliphatic rings. The van der Waals surface area contributed by atoms with Crippen molar-refractivity contribution in [3.05, 3.63) is 35.9 Å². The van der Waals surface area contributed by atoms with E-state index in [9.17, 15) is 4.79 Å². The van der Waals surface area contributed by atoms with Gasteiger partial charge in [-0.2, -0.15) is 0 Å². The van der Waals surface area contributed by atoms with Crippen LogP contribution < -0.4 is 0 Å². The number of ether oxygens (including phenoxy) is 1. The second-order valence-corrected chi connectivity index (χ2v) is 3.87. The van der Waals surface area contributed by atoms with Gasteiger partial charge in [0.15, 0.2) is 0 Å². The van der Waals surface area contributed by atoms with Gasteiger partial charge in [-0.3, -0.25) is 4.79 Å². The van der Waals surface area contributed by atoms with Crippen LogP contribution in [0.1, 0.15) is 25.3 Å². The summed E-state index contributed by atoms with van der Waals surface area (Å²) >= 11 is 0. The molecule has 0 N–H and O–H groups in total. The maximum Gasteiger partial charge on any atom is 0.309 e. The third kappa shape index (κ3) is 1.41. The molecule has 3 unspecified atom stereocenters. The number of hydrogen-bond donors (Lipinski definition) is 0. The van der Waals surface area contributed by atoms with Crippen LogP contribution in [0.25, 0.3) is 0 Å². The van der Waals surface area contributed by atoms with E-state index in [1.165, 1.54) is 5.56 Å². The Hall–Kier alpha value is -1.31.